The lowest BCUT2D eigenvalue weighted by Gasteiger charge is -2.21. The van der Waals surface area contributed by atoms with Crippen molar-refractivity contribution in [3.63, 3.8) is 0 Å². The molecule has 5 N–H and O–H groups in total. The summed E-state index contributed by atoms with van der Waals surface area (Å²) in [6, 6.07) is 13.9. The smallest absolute Gasteiger partial charge is 0.319 e. The Kier molecular flexibility index (Phi) is 4.53. The first-order chi connectivity index (χ1) is 12.6. The highest BCUT2D eigenvalue weighted by atomic mass is 16.3. The summed E-state index contributed by atoms with van der Waals surface area (Å²) >= 11 is 0. The number of carbonyl (C=O) groups excluding carboxylic acids is 1. The average molecular weight is 352 g/mol. The van der Waals surface area contributed by atoms with Crippen LogP contribution in [0.25, 0.3) is 0 Å². The summed E-state index contributed by atoms with van der Waals surface area (Å²) in [5, 5.41) is 22.5. The predicted molar refractivity (Wildman–Crippen MR) is 103 cm³/mol. The topological polar surface area (TPSA) is 85.4 Å². The maximum absolute atomic E-state index is 12.2. The molecular weight excluding hydrogens is 328 g/mol. The van der Waals surface area contributed by atoms with E-state index in [2.05, 4.69) is 45.5 Å². The molecule has 1 fully saturated rings. The third kappa shape index (κ3) is 3.66. The van der Waals surface area contributed by atoms with Crippen molar-refractivity contribution in [1.29, 1.82) is 0 Å². The number of fused-ring (bicyclic) bond motifs is 2. The number of urea groups is 1. The van der Waals surface area contributed by atoms with Gasteiger partial charge in [-0.2, -0.15) is 0 Å². The van der Waals surface area contributed by atoms with Crippen molar-refractivity contribution < 1.29 is 9.90 Å². The number of carbonyl (C=O) groups is 1. The molecule has 136 valence electrons. The van der Waals surface area contributed by atoms with Crippen molar-refractivity contribution in [2.45, 2.75) is 24.9 Å². The zero-order valence-electron chi connectivity index (χ0n) is 14.6. The fourth-order valence-corrected chi connectivity index (χ4v) is 3.56. The summed E-state index contributed by atoms with van der Waals surface area (Å²) in [4.78, 5) is 12.2. The van der Waals surface area contributed by atoms with Gasteiger partial charge in [0.25, 0.3) is 0 Å². The summed E-state index contributed by atoms with van der Waals surface area (Å²) in [5.74, 6) is 0. The van der Waals surface area contributed by atoms with Crippen molar-refractivity contribution in [2.24, 2.45) is 0 Å². The molecule has 0 saturated carbocycles. The molecule has 2 aromatic carbocycles. The van der Waals surface area contributed by atoms with Gasteiger partial charge in [0.1, 0.15) is 0 Å². The number of amides is 2. The molecule has 2 aliphatic heterocycles. The molecule has 6 nitrogen and oxygen atoms in total. The van der Waals surface area contributed by atoms with E-state index in [0.29, 0.717) is 13.0 Å². The van der Waals surface area contributed by atoms with Gasteiger partial charge in [-0.05, 0) is 55.1 Å². The van der Waals surface area contributed by atoms with Crippen molar-refractivity contribution in [1.82, 2.24) is 10.6 Å². The highest BCUT2D eigenvalue weighted by molar-refractivity contribution is 5.90. The van der Waals surface area contributed by atoms with Crippen LogP contribution in [-0.2, 0) is 12.8 Å². The summed E-state index contributed by atoms with van der Waals surface area (Å²) in [5.41, 5.74) is 4.55. The van der Waals surface area contributed by atoms with Crippen molar-refractivity contribution in [2.75, 3.05) is 30.3 Å². The lowest BCUT2D eigenvalue weighted by atomic mass is 10.0. The maximum atomic E-state index is 12.2. The van der Waals surface area contributed by atoms with Gasteiger partial charge in [0, 0.05) is 30.2 Å². The number of para-hydroxylation sites is 1. The number of aryl methyl sites for hydroxylation is 2. The first kappa shape index (κ1) is 16.9. The second-order valence-electron chi connectivity index (χ2n) is 7.11. The Morgan fingerprint density at radius 3 is 2.73 bits per heavy atom. The second kappa shape index (κ2) is 6.97. The molecule has 2 heterocycles. The van der Waals surface area contributed by atoms with Gasteiger partial charge in [-0.3, -0.25) is 0 Å². The predicted octanol–water partition coefficient (Wildman–Crippen LogP) is 2.37. The number of aliphatic hydroxyl groups is 1. The first-order valence-electron chi connectivity index (χ1n) is 9.07. The summed E-state index contributed by atoms with van der Waals surface area (Å²) in [6.45, 7) is 1.52. The number of benzene rings is 2. The van der Waals surface area contributed by atoms with Crippen LogP contribution in [-0.4, -0.2) is 36.4 Å². The Bertz CT molecular complexity index is 815. The molecule has 4 rings (SSSR count). The van der Waals surface area contributed by atoms with E-state index in [4.69, 9.17) is 0 Å². The van der Waals surface area contributed by atoms with Gasteiger partial charge in [0.15, 0.2) is 0 Å². The van der Waals surface area contributed by atoms with Crippen LogP contribution in [0.5, 0.6) is 0 Å². The number of hydrogen-bond acceptors (Lipinski definition) is 4. The van der Waals surface area contributed by atoms with Crippen LogP contribution in [0.15, 0.2) is 42.5 Å². The molecule has 0 radical (unpaired) electrons. The number of rotatable bonds is 3. The van der Waals surface area contributed by atoms with E-state index in [9.17, 15) is 9.90 Å². The molecule has 6 heteroatoms. The monoisotopic (exact) mass is 352 g/mol. The number of anilines is 3. The average Bonchev–Trinajstić information content (AvgIpc) is 2.98. The van der Waals surface area contributed by atoms with E-state index >= 15 is 0 Å². The van der Waals surface area contributed by atoms with E-state index in [-0.39, 0.29) is 12.6 Å². The molecule has 1 atom stereocenters. The standard InChI is InChI=1S/C20H24N4O2/c25-19(22-13-20(26)9-10-21-12-20)23-16-8-7-15-6-5-14-3-1-2-4-17(14)24-18(15)11-16/h1-4,7-8,11,21,24,26H,5-6,9-10,12-13H2,(H2,22,23,25)/t20-/m1/s1. The Labute approximate surface area is 153 Å². The largest absolute Gasteiger partial charge is 0.387 e. The minimum Gasteiger partial charge on any atom is -0.387 e. The molecule has 2 amide bonds. The zero-order chi connectivity index (χ0) is 18.0. The molecule has 0 aromatic heterocycles. The SMILES string of the molecule is O=C(NC[C@@]1(O)CCNC1)Nc1ccc2c(c1)Nc1ccccc1CC2. The Morgan fingerprint density at radius 1 is 1.12 bits per heavy atom. The summed E-state index contributed by atoms with van der Waals surface area (Å²) in [7, 11) is 0. The van der Waals surface area contributed by atoms with Crippen LogP contribution in [0.1, 0.15) is 17.5 Å². The molecule has 2 aromatic rings. The maximum Gasteiger partial charge on any atom is 0.319 e. The van der Waals surface area contributed by atoms with Crippen LogP contribution < -0.4 is 21.3 Å². The van der Waals surface area contributed by atoms with E-state index in [0.717, 1.165) is 36.4 Å². The van der Waals surface area contributed by atoms with E-state index in [1.165, 1.54) is 11.1 Å². The van der Waals surface area contributed by atoms with Crippen LogP contribution in [0.3, 0.4) is 0 Å². The minimum absolute atomic E-state index is 0.238. The van der Waals surface area contributed by atoms with Gasteiger partial charge < -0.3 is 26.4 Å². The van der Waals surface area contributed by atoms with E-state index < -0.39 is 5.60 Å². The molecule has 2 aliphatic rings. The molecule has 0 spiro atoms. The number of β-amino-alcohol motifs (C(OH)–C–C–N with tert-alkyl or cyclic N) is 1. The Morgan fingerprint density at radius 2 is 1.92 bits per heavy atom. The molecule has 1 saturated heterocycles. The number of hydrogen-bond donors (Lipinski definition) is 5. The van der Waals surface area contributed by atoms with Crippen LogP contribution in [0, 0.1) is 0 Å². The first-order valence-corrected chi connectivity index (χ1v) is 9.07. The van der Waals surface area contributed by atoms with Crippen molar-refractivity contribution >= 4 is 23.1 Å². The van der Waals surface area contributed by atoms with Crippen LogP contribution in [0.4, 0.5) is 21.9 Å². The Balaban J connectivity index is 1.42. The highest BCUT2D eigenvalue weighted by Crippen LogP contribution is 2.31. The molecular formula is C20H24N4O2. The third-order valence-corrected chi connectivity index (χ3v) is 5.12. The fraction of sp³-hybridized carbons (Fsp3) is 0.350. The van der Waals surface area contributed by atoms with Crippen molar-refractivity contribution in [3.05, 3.63) is 53.6 Å². The molecule has 0 unspecified atom stereocenters. The van der Waals surface area contributed by atoms with Gasteiger partial charge in [0.05, 0.1) is 5.60 Å². The number of nitrogens with one attached hydrogen (secondary N) is 4. The van der Waals surface area contributed by atoms with Gasteiger partial charge in [-0.15, -0.1) is 0 Å². The lowest BCUT2D eigenvalue weighted by molar-refractivity contribution is 0.0640. The van der Waals surface area contributed by atoms with E-state index in [1.807, 2.05) is 18.2 Å². The zero-order valence-corrected chi connectivity index (χ0v) is 14.6. The van der Waals surface area contributed by atoms with E-state index in [1.54, 1.807) is 0 Å². The van der Waals surface area contributed by atoms with Crippen LogP contribution in [0.2, 0.25) is 0 Å². The second-order valence-corrected chi connectivity index (χ2v) is 7.11. The van der Waals surface area contributed by atoms with Crippen LogP contribution >= 0.6 is 0 Å². The quantitative estimate of drug-likeness (QED) is 0.587. The van der Waals surface area contributed by atoms with Gasteiger partial charge in [-0.25, -0.2) is 4.79 Å². The van der Waals surface area contributed by atoms with Gasteiger partial charge in [0.2, 0.25) is 0 Å². The summed E-state index contributed by atoms with van der Waals surface area (Å²) < 4.78 is 0. The fourth-order valence-electron chi connectivity index (χ4n) is 3.56. The third-order valence-electron chi connectivity index (χ3n) is 5.12. The van der Waals surface area contributed by atoms with Gasteiger partial charge >= 0.3 is 6.03 Å². The lowest BCUT2D eigenvalue weighted by Crippen LogP contribution is -2.45. The highest BCUT2D eigenvalue weighted by Gasteiger charge is 2.31. The molecule has 0 aliphatic carbocycles. The Hall–Kier alpha value is -2.57. The van der Waals surface area contributed by atoms with Crippen molar-refractivity contribution in [3.8, 4) is 0 Å². The molecule has 26 heavy (non-hydrogen) atoms. The minimum atomic E-state index is -0.851. The summed E-state index contributed by atoms with van der Waals surface area (Å²) in [6.07, 6.45) is 2.61. The van der Waals surface area contributed by atoms with Gasteiger partial charge in [-0.1, -0.05) is 24.3 Å². The normalized spacial score (nSPS) is 21.1. The molecule has 0 bridgehead atoms.